The lowest BCUT2D eigenvalue weighted by Crippen LogP contribution is -2.46. The molecule has 0 rings (SSSR count). The predicted octanol–water partition coefficient (Wildman–Crippen LogP) is 2.53. The lowest BCUT2D eigenvalue weighted by atomic mass is 10.3. The topological polar surface area (TPSA) is 18.5 Å². The Labute approximate surface area is 82.1 Å². The van der Waals surface area contributed by atoms with Gasteiger partial charge in [0.05, 0.1) is 12.7 Å². The van der Waals surface area contributed by atoms with Crippen LogP contribution in [0, 0.1) is 0 Å². The average molecular weight is 240 g/mol. The first-order chi connectivity index (χ1) is 6.59. The van der Waals surface area contributed by atoms with Crippen LogP contribution in [-0.2, 0) is 9.47 Å². The molecule has 0 heterocycles. The molecule has 0 spiro atoms. The number of rotatable bonds is 4. The number of alkyl halides is 6. The number of hydrogen-bond acceptors (Lipinski definition) is 2. The van der Waals surface area contributed by atoms with Gasteiger partial charge in [0.25, 0.3) is 0 Å². The van der Waals surface area contributed by atoms with Gasteiger partial charge in [0.2, 0.25) is 6.10 Å². The zero-order valence-corrected chi connectivity index (χ0v) is 7.95. The second kappa shape index (κ2) is 5.02. The maximum atomic E-state index is 11.9. The molecule has 0 saturated heterocycles. The second-order valence-corrected chi connectivity index (χ2v) is 2.87. The summed E-state index contributed by atoms with van der Waals surface area (Å²) in [5, 5.41) is 0. The van der Waals surface area contributed by atoms with E-state index in [2.05, 4.69) is 9.47 Å². The van der Waals surface area contributed by atoms with Crippen LogP contribution in [0.3, 0.4) is 0 Å². The van der Waals surface area contributed by atoms with Crippen molar-refractivity contribution in [2.75, 3.05) is 13.7 Å². The molecule has 8 heteroatoms. The van der Waals surface area contributed by atoms with Gasteiger partial charge in [-0.2, -0.15) is 26.3 Å². The van der Waals surface area contributed by atoms with E-state index in [0.29, 0.717) is 0 Å². The van der Waals surface area contributed by atoms with Gasteiger partial charge >= 0.3 is 12.4 Å². The smallest absolute Gasteiger partial charge is 0.382 e. The van der Waals surface area contributed by atoms with Crippen LogP contribution in [-0.4, -0.2) is 38.3 Å². The number of hydrogen-bond donors (Lipinski definition) is 0. The highest BCUT2D eigenvalue weighted by Crippen LogP contribution is 2.36. The first-order valence-corrected chi connectivity index (χ1v) is 3.87. The third-order valence-electron chi connectivity index (χ3n) is 1.36. The minimum atomic E-state index is -5.47. The Bertz CT molecular complexity index is 173. The minimum Gasteiger partial charge on any atom is -0.382 e. The van der Waals surface area contributed by atoms with E-state index in [0.717, 1.165) is 14.0 Å². The van der Waals surface area contributed by atoms with Crippen molar-refractivity contribution < 1.29 is 35.8 Å². The first kappa shape index (κ1) is 14.5. The van der Waals surface area contributed by atoms with Crippen molar-refractivity contribution in [3.05, 3.63) is 0 Å². The lowest BCUT2D eigenvalue weighted by molar-refractivity contribution is -0.331. The van der Waals surface area contributed by atoms with Crippen LogP contribution >= 0.6 is 0 Å². The Hall–Kier alpha value is -0.500. The molecule has 2 nitrogen and oxygen atoms in total. The van der Waals surface area contributed by atoms with Crippen molar-refractivity contribution in [1.82, 2.24) is 0 Å². The molecule has 0 aromatic rings. The minimum absolute atomic E-state index is 0.345. The molecule has 0 bridgehead atoms. The summed E-state index contributed by atoms with van der Waals surface area (Å²) in [4.78, 5) is 0. The highest BCUT2D eigenvalue weighted by Gasteiger charge is 2.58. The van der Waals surface area contributed by atoms with E-state index in [1.165, 1.54) is 0 Å². The summed E-state index contributed by atoms with van der Waals surface area (Å²) in [7, 11) is 1.15. The third kappa shape index (κ3) is 5.22. The predicted molar refractivity (Wildman–Crippen MR) is 38.3 cm³/mol. The van der Waals surface area contributed by atoms with E-state index in [1.807, 2.05) is 0 Å². The number of ether oxygens (including phenoxy) is 2. The maximum Gasteiger partial charge on any atom is 0.423 e. The van der Waals surface area contributed by atoms with Crippen LogP contribution in [0.15, 0.2) is 0 Å². The zero-order valence-electron chi connectivity index (χ0n) is 7.95. The van der Waals surface area contributed by atoms with Gasteiger partial charge in [0.15, 0.2) is 0 Å². The van der Waals surface area contributed by atoms with Crippen molar-refractivity contribution >= 4 is 0 Å². The highest BCUT2D eigenvalue weighted by molar-refractivity contribution is 4.77. The zero-order chi connectivity index (χ0) is 12.3. The molecule has 0 aromatic carbocycles. The van der Waals surface area contributed by atoms with Gasteiger partial charge in [-0.05, 0) is 6.92 Å². The van der Waals surface area contributed by atoms with Gasteiger partial charge in [0.1, 0.15) is 0 Å². The summed E-state index contributed by atoms with van der Waals surface area (Å²) in [6, 6.07) is 0. The summed E-state index contributed by atoms with van der Waals surface area (Å²) in [5.74, 6) is 0. The normalized spacial score (nSPS) is 15.8. The fraction of sp³-hybridized carbons (Fsp3) is 1.00. The standard InChI is InChI=1S/C7H10F6O2/c1-4(3-14-2)15-5(6(8,9)10)7(11,12)13/h4-5H,3H2,1-2H3. The Kier molecular flexibility index (Phi) is 4.85. The van der Waals surface area contributed by atoms with Gasteiger partial charge in [-0.3, -0.25) is 0 Å². The molecule has 0 aliphatic heterocycles. The SMILES string of the molecule is COCC(C)OC(C(F)(F)F)C(F)(F)F. The van der Waals surface area contributed by atoms with Gasteiger partial charge in [-0.1, -0.05) is 0 Å². The second-order valence-electron chi connectivity index (χ2n) is 2.87. The molecule has 0 fully saturated rings. The van der Waals surface area contributed by atoms with E-state index in [1.54, 1.807) is 0 Å². The molecule has 15 heavy (non-hydrogen) atoms. The summed E-state index contributed by atoms with van der Waals surface area (Å²) >= 11 is 0. The molecule has 0 aromatic heterocycles. The molecule has 1 atom stereocenters. The van der Waals surface area contributed by atoms with Crippen molar-refractivity contribution in [1.29, 1.82) is 0 Å². The molecule has 0 N–H and O–H groups in total. The fourth-order valence-corrected chi connectivity index (χ4v) is 0.846. The first-order valence-electron chi connectivity index (χ1n) is 3.87. The third-order valence-corrected chi connectivity index (χ3v) is 1.36. The van der Waals surface area contributed by atoms with E-state index in [4.69, 9.17) is 0 Å². The maximum absolute atomic E-state index is 11.9. The van der Waals surface area contributed by atoms with Crippen LogP contribution in [0.5, 0.6) is 0 Å². The molecule has 92 valence electrons. The molecule has 0 saturated carbocycles. The Morgan fingerprint density at radius 3 is 1.67 bits per heavy atom. The monoisotopic (exact) mass is 240 g/mol. The van der Waals surface area contributed by atoms with Crippen LogP contribution < -0.4 is 0 Å². The quantitative estimate of drug-likeness (QED) is 0.703. The van der Waals surface area contributed by atoms with Crippen LogP contribution in [0.25, 0.3) is 0 Å². The van der Waals surface area contributed by atoms with E-state index in [-0.39, 0.29) is 6.61 Å². The van der Waals surface area contributed by atoms with Crippen molar-refractivity contribution in [3.8, 4) is 0 Å². The van der Waals surface area contributed by atoms with E-state index in [9.17, 15) is 26.3 Å². The summed E-state index contributed by atoms with van der Waals surface area (Å²) < 4.78 is 79.8. The summed E-state index contributed by atoms with van der Waals surface area (Å²) in [6.07, 6.45) is -16.0. The Morgan fingerprint density at radius 1 is 1.00 bits per heavy atom. The van der Waals surface area contributed by atoms with E-state index >= 15 is 0 Å². The molecule has 1 unspecified atom stereocenters. The van der Waals surface area contributed by atoms with Crippen molar-refractivity contribution in [3.63, 3.8) is 0 Å². The number of methoxy groups -OCH3 is 1. The number of halogens is 6. The van der Waals surface area contributed by atoms with Gasteiger partial charge in [-0.15, -0.1) is 0 Å². The van der Waals surface area contributed by atoms with Crippen molar-refractivity contribution in [2.45, 2.75) is 31.5 Å². The van der Waals surface area contributed by atoms with Crippen LogP contribution in [0.1, 0.15) is 6.92 Å². The fourth-order valence-electron chi connectivity index (χ4n) is 0.846. The largest absolute Gasteiger partial charge is 0.423 e. The molecule has 0 radical (unpaired) electrons. The lowest BCUT2D eigenvalue weighted by Gasteiger charge is -2.25. The van der Waals surface area contributed by atoms with Gasteiger partial charge in [-0.25, -0.2) is 0 Å². The van der Waals surface area contributed by atoms with Crippen LogP contribution in [0.4, 0.5) is 26.3 Å². The summed E-state index contributed by atoms with van der Waals surface area (Å²) in [6.45, 7) is 0.719. The van der Waals surface area contributed by atoms with Gasteiger partial charge < -0.3 is 9.47 Å². The molecule has 0 amide bonds. The Morgan fingerprint density at radius 2 is 1.40 bits per heavy atom. The molecular weight excluding hydrogens is 230 g/mol. The Balaban J connectivity index is 4.54. The molecule has 0 aliphatic carbocycles. The van der Waals surface area contributed by atoms with E-state index < -0.39 is 24.6 Å². The molecule has 0 aliphatic rings. The van der Waals surface area contributed by atoms with Crippen LogP contribution in [0.2, 0.25) is 0 Å². The molecular formula is C7H10F6O2. The highest BCUT2D eigenvalue weighted by atomic mass is 19.4. The van der Waals surface area contributed by atoms with Crippen molar-refractivity contribution in [2.24, 2.45) is 0 Å². The summed E-state index contributed by atoms with van der Waals surface area (Å²) in [5.41, 5.74) is 0. The van der Waals surface area contributed by atoms with Gasteiger partial charge in [0, 0.05) is 7.11 Å². The average Bonchev–Trinajstić information content (AvgIpc) is 1.96.